The van der Waals surface area contributed by atoms with Gasteiger partial charge in [0.05, 0.1) is 0 Å². The van der Waals surface area contributed by atoms with Crippen molar-refractivity contribution >= 4 is 17.5 Å². The van der Waals surface area contributed by atoms with Crippen LogP contribution in [0, 0.1) is 11.8 Å². The van der Waals surface area contributed by atoms with Crippen LogP contribution in [0.15, 0.2) is 24.3 Å². The minimum atomic E-state index is -0.684. The molecule has 4 heteroatoms. The van der Waals surface area contributed by atoms with Crippen molar-refractivity contribution in [1.82, 2.24) is 4.90 Å². The lowest BCUT2D eigenvalue weighted by molar-refractivity contribution is -0.153. The smallest absolute Gasteiger partial charge is 0.266 e. The minimum Gasteiger partial charge on any atom is -0.477 e. The van der Waals surface area contributed by atoms with Crippen LogP contribution in [0.1, 0.15) is 58.8 Å². The molecule has 3 rings (SSSR count). The number of amides is 1. The van der Waals surface area contributed by atoms with Crippen molar-refractivity contribution in [1.29, 1.82) is 0 Å². The maximum atomic E-state index is 13.4. The molecule has 1 aromatic carbocycles. The molecule has 25 heavy (non-hydrogen) atoms. The van der Waals surface area contributed by atoms with Crippen LogP contribution in [0.2, 0.25) is 5.02 Å². The van der Waals surface area contributed by atoms with Crippen molar-refractivity contribution in [3.63, 3.8) is 0 Å². The highest BCUT2D eigenvalue weighted by Crippen LogP contribution is 2.36. The minimum absolute atomic E-state index is 0.198. The van der Waals surface area contributed by atoms with E-state index in [4.69, 9.17) is 16.3 Å². The predicted octanol–water partition coefficient (Wildman–Crippen LogP) is 5.32. The van der Waals surface area contributed by atoms with Crippen LogP contribution < -0.4 is 4.74 Å². The molecule has 3 nitrogen and oxygen atoms in total. The van der Waals surface area contributed by atoms with Gasteiger partial charge in [0.15, 0.2) is 5.60 Å². The van der Waals surface area contributed by atoms with E-state index in [-0.39, 0.29) is 5.91 Å². The van der Waals surface area contributed by atoms with Crippen LogP contribution in [-0.4, -0.2) is 29.5 Å². The van der Waals surface area contributed by atoms with Gasteiger partial charge in [-0.3, -0.25) is 4.79 Å². The fourth-order valence-electron chi connectivity index (χ4n) is 4.27. The Balaban J connectivity index is 1.73. The summed E-state index contributed by atoms with van der Waals surface area (Å²) >= 11 is 5.98. The lowest BCUT2D eigenvalue weighted by Gasteiger charge is -2.42. The summed E-state index contributed by atoms with van der Waals surface area (Å²) in [6.07, 6.45) is 7.16. The number of hydrogen-bond acceptors (Lipinski definition) is 2. The van der Waals surface area contributed by atoms with E-state index in [1.807, 2.05) is 24.3 Å². The van der Waals surface area contributed by atoms with Gasteiger partial charge < -0.3 is 9.64 Å². The first-order valence-corrected chi connectivity index (χ1v) is 10.1. The number of rotatable bonds is 4. The largest absolute Gasteiger partial charge is 0.477 e. The van der Waals surface area contributed by atoms with Crippen molar-refractivity contribution in [2.75, 3.05) is 13.1 Å². The molecule has 0 atom stereocenters. The molecule has 2 aliphatic rings. The summed E-state index contributed by atoms with van der Waals surface area (Å²) in [6, 6.07) is 7.39. The molecule has 0 bridgehead atoms. The average Bonchev–Trinajstić information content (AvgIpc) is 2.64. The topological polar surface area (TPSA) is 29.5 Å². The molecule has 0 radical (unpaired) electrons. The van der Waals surface area contributed by atoms with Crippen LogP contribution in [0.25, 0.3) is 0 Å². The molecule has 2 fully saturated rings. The van der Waals surface area contributed by atoms with Gasteiger partial charge in [0.1, 0.15) is 5.75 Å². The number of piperidine rings is 1. The van der Waals surface area contributed by atoms with Crippen LogP contribution in [0.3, 0.4) is 0 Å². The Kier molecular flexibility index (Phi) is 5.93. The normalized spacial score (nSPS) is 21.4. The van der Waals surface area contributed by atoms with Gasteiger partial charge in [-0.1, -0.05) is 31.9 Å². The quantitative estimate of drug-likeness (QED) is 0.724. The zero-order chi connectivity index (χ0) is 17.9. The van der Waals surface area contributed by atoms with Gasteiger partial charge in [-0.25, -0.2) is 0 Å². The van der Waals surface area contributed by atoms with Gasteiger partial charge in [-0.05, 0) is 74.6 Å². The molecule has 138 valence electrons. The van der Waals surface area contributed by atoms with E-state index in [0.29, 0.717) is 10.9 Å². The number of halogens is 1. The highest BCUT2D eigenvalue weighted by molar-refractivity contribution is 6.30. The Morgan fingerprint density at radius 1 is 1.12 bits per heavy atom. The first-order valence-electron chi connectivity index (χ1n) is 9.74. The zero-order valence-electron chi connectivity index (χ0n) is 15.5. The van der Waals surface area contributed by atoms with Crippen molar-refractivity contribution in [2.24, 2.45) is 11.8 Å². The number of likely N-dealkylation sites (tertiary alicyclic amines) is 1. The Morgan fingerprint density at radius 3 is 2.28 bits per heavy atom. The zero-order valence-corrected chi connectivity index (χ0v) is 16.2. The van der Waals surface area contributed by atoms with Gasteiger partial charge in [0, 0.05) is 18.1 Å². The molecule has 1 amide bonds. The molecule has 1 saturated heterocycles. The van der Waals surface area contributed by atoms with Gasteiger partial charge >= 0.3 is 0 Å². The van der Waals surface area contributed by atoms with Crippen molar-refractivity contribution < 1.29 is 9.53 Å². The van der Waals surface area contributed by atoms with Crippen LogP contribution in [0.4, 0.5) is 0 Å². The highest BCUT2D eigenvalue weighted by Gasteiger charge is 2.45. The van der Waals surface area contributed by atoms with Crippen molar-refractivity contribution in [2.45, 2.75) is 64.4 Å². The number of carbonyl (C=O) groups is 1. The third-order valence-electron chi connectivity index (χ3n) is 5.95. The molecule has 0 spiro atoms. The van der Waals surface area contributed by atoms with E-state index in [1.54, 1.807) is 0 Å². The first-order chi connectivity index (χ1) is 12.0. The van der Waals surface area contributed by atoms with Crippen LogP contribution in [0.5, 0.6) is 5.75 Å². The van der Waals surface area contributed by atoms with E-state index in [0.717, 1.165) is 63.3 Å². The second kappa shape index (κ2) is 7.99. The summed E-state index contributed by atoms with van der Waals surface area (Å²) in [7, 11) is 0. The maximum absolute atomic E-state index is 13.4. The molecule has 1 aliphatic heterocycles. The summed E-state index contributed by atoms with van der Waals surface area (Å²) < 4.78 is 6.34. The Morgan fingerprint density at radius 2 is 1.72 bits per heavy atom. The molecular formula is C21H30ClNO2. The molecule has 1 aliphatic carbocycles. The van der Waals surface area contributed by atoms with Crippen molar-refractivity contribution in [3.8, 4) is 5.75 Å². The molecule has 1 aromatic rings. The molecular weight excluding hydrogens is 334 g/mol. The standard InChI is InChI=1S/C21H30ClNO2/c1-16(2)17-10-14-23(15-11-17)20(24)21(12-4-3-5-13-21)25-19-8-6-18(22)7-9-19/h6-9,16-17H,3-5,10-15H2,1-2H3. The van der Waals surface area contributed by atoms with Gasteiger partial charge in [0.2, 0.25) is 0 Å². The highest BCUT2D eigenvalue weighted by atomic mass is 35.5. The number of hydrogen-bond donors (Lipinski definition) is 0. The van der Waals surface area contributed by atoms with E-state index in [1.165, 1.54) is 6.42 Å². The third-order valence-corrected chi connectivity index (χ3v) is 6.20. The number of ether oxygens (including phenoxy) is 1. The van der Waals surface area contributed by atoms with E-state index in [2.05, 4.69) is 18.7 Å². The first kappa shape index (κ1) is 18.6. The Bertz CT molecular complexity index is 570. The predicted molar refractivity (Wildman–Crippen MR) is 102 cm³/mol. The number of nitrogens with zero attached hydrogens (tertiary/aromatic N) is 1. The summed E-state index contributed by atoms with van der Waals surface area (Å²) in [4.78, 5) is 15.5. The van der Waals surface area contributed by atoms with Crippen molar-refractivity contribution in [3.05, 3.63) is 29.3 Å². The molecule has 0 N–H and O–H groups in total. The van der Waals surface area contributed by atoms with Gasteiger partial charge in [-0.2, -0.15) is 0 Å². The number of carbonyl (C=O) groups excluding carboxylic acids is 1. The monoisotopic (exact) mass is 363 g/mol. The maximum Gasteiger partial charge on any atom is 0.266 e. The lowest BCUT2D eigenvalue weighted by atomic mass is 9.81. The molecule has 0 unspecified atom stereocenters. The van der Waals surface area contributed by atoms with Gasteiger partial charge in [0.25, 0.3) is 5.91 Å². The Labute approximate surface area is 156 Å². The summed E-state index contributed by atoms with van der Waals surface area (Å²) in [5.74, 6) is 2.39. The second-order valence-electron chi connectivity index (χ2n) is 7.98. The van der Waals surface area contributed by atoms with E-state index in [9.17, 15) is 4.79 Å². The summed E-state index contributed by atoms with van der Waals surface area (Å²) in [5.41, 5.74) is -0.684. The van der Waals surface area contributed by atoms with Crippen LogP contribution in [-0.2, 0) is 4.79 Å². The molecule has 1 heterocycles. The molecule has 0 aromatic heterocycles. The third kappa shape index (κ3) is 4.31. The summed E-state index contributed by atoms with van der Waals surface area (Å²) in [6.45, 7) is 6.31. The van der Waals surface area contributed by atoms with Gasteiger partial charge in [-0.15, -0.1) is 0 Å². The summed E-state index contributed by atoms with van der Waals surface area (Å²) in [5, 5.41) is 0.687. The van der Waals surface area contributed by atoms with E-state index >= 15 is 0 Å². The fourth-order valence-corrected chi connectivity index (χ4v) is 4.39. The average molecular weight is 364 g/mol. The fraction of sp³-hybridized carbons (Fsp3) is 0.667. The number of benzene rings is 1. The van der Waals surface area contributed by atoms with Crippen LogP contribution >= 0.6 is 11.6 Å². The lowest BCUT2D eigenvalue weighted by Crippen LogP contribution is -2.55. The van der Waals surface area contributed by atoms with E-state index < -0.39 is 5.60 Å². The Hall–Kier alpha value is -1.22. The SMILES string of the molecule is CC(C)C1CCN(C(=O)C2(Oc3ccc(Cl)cc3)CCCCC2)CC1. The second-order valence-corrected chi connectivity index (χ2v) is 8.42. The molecule has 1 saturated carbocycles.